The van der Waals surface area contributed by atoms with Gasteiger partial charge in [-0.1, -0.05) is 38.1 Å². The van der Waals surface area contributed by atoms with Crippen LogP contribution in [0.1, 0.15) is 32.3 Å². The Balaban J connectivity index is 1.96. The topological polar surface area (TPSA) is 67.4 Å². The fourth-order valence-corrected chi connectivity index (χ4v) is 2.20. The molecule has 2 aromatic rings. The third-order valence-electron chi connectivity index (χ3n) is 3.39. The quantitative estimate of drug-likeness (QED) is 0.849. The molecule has 0 unspecified atom stereocenters. The van der Waals surface area contributed by atoms with E-state index in [1.54, 1.807) is 24.3 Å². The van der Waals surface area contributed by atoms with E-state index in [4.69, 9.17) is 4.74 Å². The van der Waals surface area contributed by atoms with E-state index in [-0.39, 0.29) is 18.4 Å². The predicted molar refractivity (Wildman–Crippen MR) is 95.4 cm³/mol. The summed E-state index contributed by atoms with van der Waals surface area (Å²) in [5.74, 6) is 0.399. The van der Waals surface area contributed by atoms with Crippen LogP contribution >= 0.6 is 0 Å². The van der Waals surface area contributed by atoms with E-state index in [9.17, 15) is 9.59 Å². The van der Waals surface area contributed by atoms with Crippen LogP contribution in [-0.4, -0.2) is 18.4 Å². The Morgan fingerprint density at radius 3 is 2.50 bits per heavy atom. The van der Waals surface area contributed by atoms with Crippen LogP contribution in [0.5, 0.6) is 5.75 Å². The summed E-state index contributed by atoms with van der Waals surface area (Å²) in [5.41, 5.74) is 2.44. The van der Waals surface area contributed by atoms with Gasteiger partial charge in [0.15, 0.2) is 6.61 Å². The first kappa shape index (κ1) is 17.5. The number of anilines is 2. The number of nitrogens with one attached hydrogen (secondary N) is 2. The molecule has 0 atom stereocenters. The number of rotatable bonds is 6. The molecular formula is C19H22N2O3. The Morgan fingerprint density at radius 1 is 1.04 bits per heavy atom. The second-order valence-corrected chi connectivity index (χ2v) is 5.79. The maximum Gasteiger partial charge on any atom is 0.262 e. The Labute approximate surface area is 142 Å². The third kappa shape index (κ3) is 5.12. The monoisotopic (exact) mass is 326 g/mol. The van der Waals surface area contributed by atoms with Crippen LogP contribution in [0.4, 0.5) is 11.4 Å². The second kappa shape index (κ2) is 8.15. The first-order chi connectivity index (χ1) is 11.5. The van der Waals surface area contributed by atoms with Crippen molar-refractivity contribution in [2.24, 2.45) is 0 Å². The van der Waals surface area contributed by atoms with Crippen molar-refractivity contribution in [2.45, 2.75) is 26.7 Å². The lowest BCUT2D eigenvalue weighted by Crippen LogP contribution is -2.20. The van der Waals surface area contributed by atoms with E-state index in [1.807, 2.05) is 24.3 Å². The summed E-state index contributed by atoms with van der Waals surface area (Å²) in [4.78, 5) is 23.3. The summed E-state index contributed by atoms with van der Waals surface area (Å²) >= 11 is 0. The molecule has 5 nitrogen and oxygen atoms in total. The molecule has 5 heteroatoms. The van der Waals surface area contributed by atoms with E-state index >= 15 is 0 Å². The molecule has 0 saturated heterocycles. The van der Waals surface area contributed by atoms with Gasteiger partial charge in [-0.2, -0.15) is 0 Å². The lowest BCUT2D eigenvalue weighted by molar-refractivity contribution is -0.118. The van der Waals surface area contributed by atoms with Crippen molar-refractivity contribution in [1.82, 2.24) is 0 Å². The molecule has 24 heavy (non-hydrogen) atoms. The maximum atomic E-state index is 12.1. The van der Waals surface area contributed by atoms with Crippen molar-refractivity contribution in [3.8, 4) is 5.75 Å². The second-order valence-electron chi connectivity index (χ2n) is 5.79. The number of hydrogen-bond acceptors (Lipinski definition) is 3. The van der Waals surface area contributed by atoms with Crippen molar-refractivity contribution in [3.05, 3.63) is 54.1 Å². The zero-order valence-corrected chi connectivity index (χ0v) is 14.1. The molecule has 0 aromatic heterocycles. The molecule has 0 radical (unpaired) electrons. The van der Waals surface area contributed by atoms with E-state index in [0.29, 0.717) is 17.4 Å². The Morgan fingerprint density at radius 2 is 1.79 bits per heavy atom. The van der Waals surface area contributed by atoms with Crippen LogP contribution in [-0.2, 0) is 9.59 Å². The highest BCUT2D eigenvalue weighted by atomic mass is 16.5. The highest BCUT2D eigenvalue weighted by molar-refractivity contribution is 5.93. The van der Waals surface area contributed by atoms with E-state index in [0.717, 1.165) is 11.3 Å². The normalized spacial score (nSPS) is 10.3. The van der Waals surface area contributed by atoms with Gasteiger partial charge in [0.25, 0.3) is 5.91 Å². The van der Waals surface area contributed by atoms with Crippen molar-refractivity contribution >= 4 is 23.2 Å². The molecule has 0 heterocycles. The molecule has 0 saturated carbocycles. The number of amides is 2. The lowest BCUT2D eigenvalue weighted by Gasteiger charge is -2.12. The number of para-hydroxylation sites is 2. The fraction of sp³-hybridized carbons (Fsp3) is 0.263. The van der Waals surface area contributed by atoms with Gasteiger partial charge in [0.2, 0.25) is 5.91 Å². The average molecular weight is 326 g/mol. The first-order valence-corrected chi connectivity index (χ1v) is 7.85. The molecule has 0 aliphatic carbocycles. The van der Waals surface area contributed by atoms with Gasteiger partial charge in [-0.15, -0.1) is 0 Å². The minimum atomic E-state index is -0.256. The van der Waals surface area contributed by atoms with Crippen LogP contribution < -0.4 is 15.4 Å². The van der Waals surface area contributed by atoms with Crippen LogP contribution in [0.3, 0.4) is 0 Å². The van der Waals surface area contributed by atoms with Crippen molar-refractivity contribution in [2.75, 3.05) is 17.2 Å². The zero-order chi connectivity index (χ0) is 17.5. The summed E-state index contributed by atoms with van der Waals surface area (Å²) < 4.78 is 5.52. The van der Waals surface area contributed by atoms with Gasteiger partial charge in [0.05, 0.1) is 5.69 Å². The molecular weight excluding hydrogens is 304 g/mol. The molecule has 0 spiro atoms. The number of carbonyl (C=O) groups is 2. The number of carbonyl (C=O) groups excluding carboxylic acids is 2. The summed E-state index contributed by atoms with van der Waals surface area (Å²) in [7, 11) is 0. The molecule has 0 bridgehead atoms. The van der Waals surface area contributed by atoms with E-state index in [2.05, 4.69) is 24.5 Å². The van der Waals surface area contributed by atoms with Gasteiger partial charge in [-0.05, 0) is 35.7 Å². The minimum Gasteiger partial charge on any atom is -0.482 e. The van der Waals surface area contributed by atoms with Crippen molar-refractivity contribution in [3.63, 3.8) is 0 Å². The molecule has 0 fully saturated rings. The largest absolute Gasteiger partial charge is 0.482 e. The van der Waals surface area contributed by atoms with Gasteiger partial charge >= 0.3 is 0 Å². The average Bonchev–Trinajstić information content (AvgIpc) is 2.53. The van der Waals surface area contributed by atoms with Crippen LogP contribution in [0.15, 0.2) is 48.5 Å². The molecule has 2 N–H and O–H groups in total. The van der Waals surface area contributed by atoms with Gasteiger partial charge < -0.3 is 15.4 Å². The van der Waals surface area contributed by atoms with Crippen LogP contribution in [0.25, 0.3) is 0 Å². The van der Waals surface area contributed by atoms with Gasteiger partial charge in [0, 0.05) is 12.6 Å². The molecule has 2 aromatic carbocycles. The predicted octanol–water partition coefficient (Wildman–Crippen LogP) is 3.79. The fourth-order valence-electron chi connectivity index (χ4n) is 2.20. The lowest BCUT2D eigenvalue weighted by atomic mass is 10.0. The molecule has 126 valence electrons. The summed E-state index contributed by atoms with van der Waals surface area (Å²) in [6.45, 7) is 5.49. The number of ether oxygens (including phenoxy) is 1. The Kier molecular flexibility index (Phi) is 5.95. The smallest absolute Gasteiger partial charge is 0.262 e. The van der Waals surface area contributed by atoms with Crippen molar-refractivity contribution in [1.29, 1.82) is 0 Å². The summed E-state index contributed by atoms with van der Waals surface area (Å²) in [6.07, 6.45) is 0. The number of benzene rings is 2. The standard InChI is InChI=1S/C19H22N2O3/c1-13(2)15-7-6-8-16(11-15)21-19(23)12-24-18-10-5-4-9-17(18)20-14(3)22/h4-11,13H,12H2,1-3H3,(H,20,22)(H,21,23). The highest BCUT2D eigenvalue weighted by Gasteiger charge is 2.08. The van der Waals surface area contributed by atoms with Gasteiger partial charge in [0.1, 0.15) is 5.75 Å². The van der Waals surface area contributed by atoms with E-state index in [1.165, 1.54) is 6.92 Å². The van der Waals surface area contributed by atoms with Gasteiger partial charge in [-0.3, -0.25) is 9.59 Å². The molecule has 2 amide bonds. The first-order valence-electron chi connectivity index (χ1n) is 7.85. The summed E-state index contributed by atoms with van der Waals surface area (Å²) in [6, 6.07) is 14.7. The Bertz CT molecular complexity index is 726. The maximum absolute atomic E-state index is 12.1. The molecule has 0 aliphatic rings. The third-order valence-corrected chi connectivity index (χ3v) is 3.39. The van der Waals surface area contributed by atoms with E-state index < -0.39 is 0 Å². The SMILES string of the molecule is CC(=O)Nc1ccccc1OCC(=O)Nc1cccc(C(C)C)c1. The van der Waals surface area contributed by atoms with Crippen LogP contribution in [0, 0.1) is 0 Å². The molecule has 2 rings (SSSR count). The number of hydrogen-bond donors (Lipinski definition) is 2. The van der Waals surface area contributed by atoms with Crippen LogP contribution in [0.2, 0.25) is 0 Å². The molecule has 0 aliphatic heterocycles. The zero-order valence-electron chi connectivity index (χ0n) is 14.1. The highest BCUT2D eigenvalue weighted by Crippen LogP contribution is 2.23. The van der Waals surface area contributed by atoms with Gasteiger partial charge in [-0.25, -0.2) is 0 Å². The van der Waals surface area contributed by atoms with Crippen molar-refractivity contribution < 1.29 is 14.3 Å². The minimum absolute atomic E-state index is 0.136. The Hall–Kier alpha value is -2.82. The summed E-state index contributed by atoms with van der Waals surface area (Å²) in [5, 5.41) is 5.49.